The molecule has 3 N–H and O–H groups in total. The van der Waals surface area contributed by atoms with Gasteiger partial charge in [0.05, 0.1) is 18.8 Å². The molecule has 0 aromatic heterocycles. The second kappa shape index (κ2) is 53.9. The van der Waals surface area contributed by atoms with Gasteiger partial charge in [-0.15, -0.1) is 0 Å². The Hall–Kier alpha value is -1.39. The van der Waals surface area contributed by atoms with Gasteiger partial charge in [0.1, 0.15) is 0 Å². The molecule has 4 heteroatoms. The molecule has 0 aromatic carbocycles. The monoisotopic (exact) mass is 870 g/mol. The van der Waals surface area contributed by atoms with Gasteiger partial charge in [-0.2, -0.15) is 0 Å². The lowest BCUT2D eigenvalue weighted by molar-refractivity contribution is -0.123. The highest BCUT2D eigenvalue weighted by molar-refractivity contribution is 5.76. The Morgan fingerprint density at radius 2 is 0.661 bits per heavy atom. The number of aliphatic hydroxyl groups excluding tert-OH is 2. The van der Waals surface area contributed by atoms with E-state index in [4.69, 9.17) is 0 Å². The van der Waals surface area contributed by atoms with E-state index in [1.807, 2.05) is 6.08 Å². The second-order valence-electron chi connectivity index (χ2n) is 19.4. The summed E-state index contributed by atoms with van der Waals surface area (Å²) in [6.07, 6.45) is 73.0. The Morgan fingerprint density at radius 1 is 0.387 bits per heavy atom. The predicted molar refractivity (Wildman–Crippen MR) is 276 cm³/mol. The minimum Gasteiger partial charge on any atom is -0.394 e. The number of unbranched alkanes of at least 4 members (excludes halogenated alkanes) is 41. The summed E-state index contributed by atoms with van der Waals surface area (Å²) in [6, 6.07) is -0.622. The number of rotatable bonds is 52. The van der Waals surface area contributed by atoms with E-state index in [-0.39, 0.29) is 12.5 Å². The van der Waals surface area contributed by atoms with Gasteiger partial charge in [0.2, 0.25) is 5.91 Å². The van der Waals surface area contributed by atoms with E-state index in [9.17, 15) is 15.0 Å². The quantitative estimate of drug-likeness (QED) is 0.0421. The molecule has 0 aliphatic heterocycles. The summed E-state index contributed by atoms with van der Waals surface area (Å²) < 4.78 is 0. The molecule has 0 aliphatic carbocycles. The molecular weight excluding hydrogens is 759 g/mol. The average Bonchev–Trinajstić information content (AvgIpc) is 3.28. The molecule has 0 aliphatic rings. The third-order valence-corrected chi connectivity index (χ3v) is 13.1. The number of hydrogen-bond donors (Lipinski definition) is 3. The van der Waals surface area contributed by atoms with E-state index in [1.54, 1.807) is 6.08 Å². The van der Waals surface area contributed by atoms with Crippen molar-refractivity contribution in [3.63, 3.8) is 0 Å². The highest BCUT2D eigenvalue weighted by Crippen LogP contribution is 2.17. The van der Waals surface area contributed by atoms with E-state index in [1.165, 1.54) is 257 Å². The molecule has 0 radical (unpaired) electrons. The molecule has 0 saturated carbocycles. The Labute approximate surface area is 389 Å². The second-order valence-corrected chi connectivity index (χ2v) is 19.4. The van der Waals surface area contributed by atoms with Crippen molar-refractivity contribution in [3.8, 4) is 0 Å². The van der Waals surface area contributed by atoms with E-state index in [0.29, 0.717) is 6.42 Å². The summed E-state index contributed by atoms with van der Waals surface area (Å²) in [6.45, 7) is 4.33. The maximum Gasteiger partial charge on any atom is 0.220 e. The Kier molecular flexibility index (Phi) is 52.7. The zero-order valence-corrected chi connectivity index (χ0v) is 42.2. The smallest absolute Gasteiger partial charge is 0.220 e. The van der Waals surface area contributed by atoms with Gasteiger partial charge in [-0.3, -0.25) is 4.79 Å². The van der Waals surface area contributed by atoms with Crippen LogP contribution in [-0.2, 0) is 4.79 Å². The molecule has 0 rings (SSSR count). The van der Waals surface area contributed by atoms with Crippen molar-refractivity contribution >= 4 is 5.91 Å². The van der Waals surface area contributed by atoms with Crippen LogP contribution in [0.1, 0.15) is 309 Å². The van der Waals surface area contributed by atoms with Crippen LogP contribution in [0.2, 0.25) is 0 Å². The SMILES string of the molecule is CCCCCCC/C=C\C/C=C\CCCCCCCCCCCCCCCCCC(=O)NC(CO)C(O)/C=C/CCCCCCCCCCCCCCCCCCCCCCC. The summed E-state index contributed by atoms with van der Waals surface area (Å²) in [5.74, 6) is -0.0598. The average molecular weight is 871 g/mol. The van der Waals surface area contributed by atoms with Gasteiger partial charge >= 0.3 is 0 Å². The largest absolute Gasteiger partial charge is 0.394 e. The van der Waals surface area contributed by atoms with Crippen molar-refractivity contribution in [3.05, 3.63) is 36.5 Å². The third kappa shape index (κ3) is 49.6. The first-order valence-corrected chi connectivity index (χ1v) is 28.2. The summed E-state index contributed by atoms with van der Waals surface area (Å²) >= 11 is 0. The third-order valence-electron chi connectivity index (χ3n) is 13.1. The predicted octanol–water partition coefficient (Wildman–Crippen LogP) is 18.5. The van der Waals surface area contributed by atoms with Gasteiger partial charge in [0, 0.05) is 6.42 Å². The molecule has 2 atom stereocenters. The van der Waals surface area contributed by atoms with Crippen LogP contribution in [0.15, 0.2) is 36.5 Å². The van der Waals surface area contributed by atoms with E-state index < -0.39 is 12.1 Å². The maximum absolute atomic E-state index is 12.5. The van der Waals surface area contributed by atoms with Gasteiger partial charge in [0.25, 0.3) is 0 Å². The van der Waals surface area contributed by atoms with Gasteiger partial charge in [0.15, 0.2) is 0 Å². The lowest BCUT2D eigenvalue weighted by atomic mass is 10.0. The molecule has 0 bridgehead atoms. The Morgan fingerprint density at radius 3 is 0.968 bits per heavy atom. The van der Waals surface area contributed by atoms with Crippen molar-refractivity contribution in [2.75, 3.05) is 6.61 Å². The fraction of sp³-hybridized carbons (Fsp3) is 0.879. The summed E-state index contributed by atoms with van der Waals surface area (Å²) in [7, 11) is 0. The summed E-state index contributed by atoms with van der Waals surface area (Å²) in [4.78, 5) is 12.5. The number of hydrogen-bond acceptors (Lipinski definition) is 3. The van der Waals surface area contributed by atoms with Crippen LogP contribution in [0.3, 0.4) is 0 Å². The highest BCUT2D eigenvalue weighted by atomic mass is 16.3. The zero-order valence-electron chi connectivity index (χ0n) is 42.2. The molecule has 0 saturated heterocycles. The van der Waals surface area contributed by atoms with Crippen molar-refractivity contribution in [1.82, 2.24) is 5.32 Å². The normalized spacial score (nSPS) is 13.0. The number of amides is 1. The Bertz CT molecular complexity index is 943. The van der Waals surface area contributed by atoms with Crippen LogP contribution in [0.25, 0.3) is 0 Å². The first-order chi connectivity index (χ1) is 30.7. The molecule has 1 amide bonds. The van der Waals surface area contributed by atoms with Crippen LogP contribution in [-0.4, -0.2) is 34.9 Å². The van der Waals surface area contributed by atoms with E-state index in [0.717, 1.165) is 32.1 Å². The van der Waals surface area contributed by atoms with E-state index >= 15 is 0 Å². The van der Waals surface area contributed by atoms with Gasteiger partial charge in [-0.25, -0.2) is 0 Å². The van der Waals surface area contributed by atoms with Gasteiger partial charge in [-0.05, 0) is 51.4 Å². The first kappa shape index (κ1) is 60.6. The van der Waals surface area contributed by atoms with Crippen molar-refractivity contribution in [2.45, 2.75) is 321 Å². The molecule has 0 aromatic rings. The topological polar surface area (TPSA) is 69.6 Å². The molecule has 62 heavy (non-hydrogen) atoms. The highest BCUT2D eigenvalue weighted by Gasteiger charge is 2.18. The molecule has 366 valence electrons. The van der Waals surface area contributed by atoms with Crippen molar-refractivity contribution in [1.29, 1.82) is 0 Å². The minimum atomic E-state index is -0.839. The number of nitrogens with one attached hydrogen (secondary N) is 1. The molecular formula is C58H111NO3. The lowest BCUT2D eigenvalue weighted by Gasteiger charge is -2.20. The fourth-order valence-corrected chi connectivity index (χ4v) is 8.80. The minimum absolute atomic E-state index is 0.0598. The van der Waals surface area contributed by atoms with Crippen LogP contribution < -0.4 is 5.32 Å². The lowest BCUT2D eigenvalue weighted by Crippen LogP contribution is -2.45. The molecule has 4 nitrogen and oxygen atoms in total. The van der Waals surface area contributed by atoms with Crippen LogP contribution in [0.5, 0.6) is 0 Å². The summed E-state index contributed by atoms with van der Waals surface area (Å²) in [5, 5.41) is 23.2. The van der Waals surface area contributed by atoms with E-state index in [2.05, 4.69) is 43.5 Å². The standard InChI is InChI=1S/C58H111NO3/c1-3-5-7-9-11-13-15-17-19-21-23-25-27-28-29-30-32-34-36-38-40-42-44-46-48-50-52-54-58(62)59-56(55-60)57(61)53-51-49-47-45-43-41-39-37-35-33-31-26-24-22-20-18-16-14-12-10-8-6-4-2/h15,17,21,23,51,53,56-57,60-61H,3-14,16,18-20,22,24-50,52,54-55H2,1-2H3,(H,59,62)/b17-15-,23-21-,53-51+. The van der Waals surface area contributed by atoms with Gasteiger partial charge < -0.3 is 15.5 Å². The van der Waals surface area contributed by atoms with Crippen LogP contribution >= 0.6 is 0 Å². The maximum atomic E-state index is 12.5. The number of carbonyl (C=O) groups excluding carboxylic acids is 1. The number of carbonyl (C=O) groups is 1. The fourth-order valence-electron chi connectivity index (χ4n) is 8.80. The molecule has 0 heterocycles. The van der Waals surface area contributed by atoms with Crippen molar-refractivity contribution < 1.29 is 15.0 Å². The number of aliphatic hydroxyl groups is 2. The van der Waals surface area contributed by atoms with Crippen LogP contribution in [0.4, 0.5) is 0 Å². The summed E-state index contributed by atoms with van der Waals surface area (Å²) in [5.41, 5.74) is 0. The number of allylic oxidation sites excluding steroid dienone is 5. The molecule has 2 unspecified atom stereocenters. The zero-order chi connectivity index (χ0) is 44.9. The molecule has 0 spiro atoms. The first-order valence-electron chi connectivity index (χ1n) is 28.2. The molecule has 0 fully saturated rings. The Balaban J connectivity index is 3.48. The van der Waals surface area contributed by atoms with Crippen LogP contribution in [0, 0.1) is 0 Å². The van der Waals surface area contributed by atoms with Crippen molar-refractivity contribution in [2.24, 2.45) is 0 Å². The van der Waals surface area contributed by atoms with Gasteiger partial charge in [-0.1, -0.05) is 288 Å².